The van der Waals surface area contributed by atoms with Crippen LogP contribution in [0.4, 0.5) is 0 Å². The molecule has 0 saturated carbocycles. The second-order valence-corrected chi connectivity index (χ2v) is 6.72. The lowest BCUT2D eigenvalue weighted by Crippen LogP contribution is -2.40. The number of carbonyl (C=O) groups excluding carboxylic acids is 1. The smallest absolute Gasteiger partial charge is 0.256 e. The van der Waals surface area contributed by atoms with E-state index in [0.717, 1.165) is 25.3 Å². The Morgan fingerprint density at radius 2 is 2.16 bits per heavy atom. The van der Waals surface area contributed by atoms with Gasteiger partial charge in [0.05, 0.1) is 5.69 Å². The van der Waals surface area contributed by atoms with Gasteiger partial charge in [0.1, 0.15) is 11.3 Å². The Bertz CT molecular complexity index is 696. The zero-order valence-electron chi connectivity index (χ0n) is 15.1. The largest absolute Gasteiger partial charge is 0.361 e. The van der Waals surface area contributed by atoms with E-state index in [9.17, 15) is 4.79 Å². The fourth-order valence-corrected chi connectivity index (χ4v) is 3.62. The van der Waals surface area contributed by atoms with Crippen LogP contribution in [-0.2, 0) is 6.42 Å². The van der Waals surface area contributed by atoms with Gasteiger partial charge in [-0.05, 0) is 44.2 Å². The molecule has 0 aliphatic carbocycles. The summed E-state index contributed by atoms with van der Waals surface area (Å²) in [6, 6.07) is 10.7. The van der Waals surface area contributed by atoms with Crippen LogP contribution in [0.1, 0.15) is 53.1 Å². The molecule has 1 amide bonds. The highest BCUT2D eigenvalue weighted by Crippen LogP contribution is 2.26. The Balaban J connectivity index is 1.50. The normalized spacial score (nSPS) is 18.2. The van der Waals surface area contributed by atoms with Crippen molar-refractivity contribution in [2.75, 3.05) is 26.2 Å². The van der Waals surface area contributed by atoms with Crippen LogP contribution in [0.3, 0.4) is 0 Å². The number of amides is 1. The fourth-order valence-electron chi connectivity index (χ4n) is 3.62. The highest BCUT2D eigenvalue weighted by molar-refractivity contribution is 5.96. The lowest BCUT2D eigenvalue weighted by atomic mass is 9.91. The number of nitrogens with zero attached hydrogens (tertiary/aromatic N) is 2. The minimum Gasteiger partial charge on any atom is -0.361 e. The van der Waals surface area contributed by atoms with Gasteiger partial charge in [-0.3, -0.25) is 4.79 Å². The van der Waals surface area contributed by atoms with E-state index in [0.29, 0.717) is 30.2 Å². The van der Waals surface area contributed by atoms with Crippen molar-refractivity contribution in [1.82, 2.24) is 15.4 Å². The van der Waals surface area contributed by atoms with Crippen LogP contribution in [0.15, 0.2) is 34.9 Å². The molecule has 0 bridgehead atoms. The summed E-state index contributed by atoms with van der Waals surface area (Å²) in [5.74, 6) is 1.11. The lowest BCUT2D eigenvalue weighted by molar-refractivity contribution is 0.0943. The number of nitrogens with one attached hydrogen (secondary N) is 1. The molecule has 1 atom stereocenters. The Labute approximate surface area is 149 Å². The first-order valence-corrected chi connectivity index (χ1v) is 9.19. The predicted octanol–water partition coefficient (Wildman–Crippen LogP) is 3.15. The maximum atomic E-state index is 12.4. The van der Waals surface area contributed by atoms with Gasteiger partial charge in [0.15, 0.2) is 0 Å². The summed E-state index contributed by atoms with van der Waals surface area (Å²) in [7, 11) is 0. The van der Waals surface area contributed by atoms with Gasteiger partial charge in [0.2, 0.25) is 0 Å². The summed E-state index contributed by atoms with van der Waals surface area (Å²) in [5.41, 5.74) is 2.75. The standard InChI is InChI=1S/C20H27N3O2/c1-3-18-19(15(2)25-22-18)20(24)21-11-13-23-12-7-10-17(14-23)16-8-5-4-6-9-16/h4-6,8-9,17H,3,7,10-14H2,1-2H3,(H,21,24)/t17-/m0/s1. The van der Waals surface area contributed by atoms with Crippen molar-refractivity contribution in [3.05, 3.63) is 52.9 Å². The van der Waals surface area contributed by atoms with Crippen molar-refractivity contribution >= 4 is 5.91 Å². The molecule has 5 heteroatoms. The Hall–Kier alpha value is -2.14. The van der Waals surface area contributed by atoms with Crippen LogP contribution >= 0.6 is 0 Å². The Kier molecular flexibility index (Phi) is 5.87. The number of carbonyl (C=O) groups is 1. The zero-order chi connectivity index (χ0) is 17.6. The average molecular weight is 341 g/mol. The summed E-state index contributed by atoms with van der Waals surface area (Å²) in [6.07, 6.45) is 3.15. The zero-order valence-corrected chi connectivity index (χ0v) is 15.1. The van der Waals surface area contributed by atoms with Gasteiger partial charge in [-0.25, -0.2) is 0 Å². The van der Waals surface area contributed by atoms with Crippen LogP contribution < -0.4 is 5.32 Å². The van der Waals surface area contributed by atoms with E-state index in [1.165, 1.54) is 18.4 Å². The molecule has 0 radical (unpaired) electrons. The number of rotatable bonds is 6. The molecule has 0 spiro atoms. The van der Waals surface area contributed by atoms with Crippen molar-refractivity contribution in [3.63, 3.8) is 0 Å². The molecule has 1 aromatic heterocycles. The molecule has 1 N–H and O–H groups in total. The summed E-state index contributed by atoms with van der Waals surface area (Å²) < 4.78 is 5.15. The number of likely N-dealkylation sites (tertiary alicyclic amines) is 1. The molecule has 1 saturated heterocycles. The van der Waals surface area contributed by atoms with Crippen LogP contribution in [0.2, 0.25) is 0 Å². The summed E-state index contributed by atoms with van der Waals surface area (Å²) in [6.45, 7) is 7.45. The number of aromatic nitrogens is 1. The van der Waals surface area contributed by atoms with Crippen molar-refractivity contribution in [1.29, 1.82) is 0 Å². The van der Waals surface area contributed by atoms with E-state index in [4.69, 9.17) is 4.52 Å². The van der Waals surface area contributed by atoms with Gasteiger partial charge >= 0.3 is 0 Å². The van der Waals surface area contributed by atoms with Gasteiger partial charge < -0.3 is 14.7 Å². The number of benzene rings is 1. The Morgan fingerprint density at radius 3 is 2.92 bits per heavy atom. The molecule has 3 rings (SSSR count). The van der Waals surface area contributed by atoms with Crippen molar-refractivity contribution in [3.8, 4) is 0 Å². The van der Waals surface area contributed by atoms with Crippen molar-refractivity contribution in [2.45, 2.75) is 39.0 Å². The van der Waals surface area contributed by atoms with Gasteiger partial charge in [-0.15, -0.1) is 0 Å². The first kappa shape index (κ1) is 17.7. The summed E-state index contributed by atoms with van der Waals surface area (Å²) in [4.78, 5) is 14.9. The molecule has 0 unspecified atom stereocenters. The number of piperidine rings is 1. The SMILES string of the molecule is CCc1noc(C)c1C(=O)NCCN1CCC[C@H](c2ccccc2)C1. The van der Waals surface area contributed by atoms with Crippen LogP contribution in [0.25, 0.3) is 0 Å². The maximum absolute atomic E-state index is 12.4. The molecule has 5 nitrogen and oxygen atoms in total. The third-order valence-corrected chi connectivity index (χ3v) is 4.99. The van der Waals surface area contributed by atoms with Gasteiger partial charge in [-0.1, -0.05) is 42.4 Å². The van der Waals surface area contributed by atoms with Crippen LogP contribution in [-0.4, -0.2) is 42.1 Å². The monoisotopic (exact) mass is 341 g/mol. The minimum atomic E-state index is -0.0766. The van der Waals surface area contributed by atoms with Gasteiger partial charge in [-0.2, -0.15) is 0 Å². The molecule has 25 heavy (non-hydrogen) atoms. The van der Waals surface area contributed by atoms with E-state index in [2.05, 4.69) is 45.7 Å². The second-order valence-electron chi connectivity index (χ2n) is 6.72. The summed E-state index contributed by atoms with van der Waals surface area (Å²) >= 11 is 0. The molecule has 1 aliphatic rings. The molecule has 1 aliphatic heterocycles. The summed E-state index contributed by atoms with van der Waals surface area (Å²) in [5, 5.41) is 6.97. The van der Waals surface area contributed by atoms with Crippen molar-refractivity contribution in [2.24, 2.45) is 0 Å². The molecule has 2 aromatic rings. The average Bonchev–Trinajstić information content (AvgIpc) is 3.03. The molecule has 134 valence electrons. The van der Waals surface area contributed by atoms with E-state index in [1.807, 2.05) is 6.92 Å². The van der Waals surface area contributed by atoms with Crippen LogP contribution in [0, 0.1) is 6.92 Å². The van der Waals surface area contributed by atoms with E-state index < -0.39 is 0 Å². The fraction of sp³-hybridized carbons (Fsp3) is 0.500. The predicted molar refractivity (Wildman–Crippen MR) is 97.8 cm³/mol. The van der Waals surface area contributed by atoms with E-state index >= 15 is 0 Å². The first-order chi connectivity index (χ1) is 12.2. The number of hydrogen-bond donors (Lipinski definition) is 1. The molecule has 1 fully saturated rings. The molecular formula is C20H27N3O2. The highest BCUT2D eigenvalue weighted by Gasteiger charge is 2.22. The van der Waals surface area contributed by atoms with E-state index in [1.54, 1.807) is 6.92 Å². The molecule has 2 heterocycles. The van der Waals surface area contributed by atoms with Crippen LogP contribution in [0.5, 0.6) is 0 Å². The maximum Gasteiger partial charge on any atom is 0.256 e. The second kappa shape index (κ2) is 8.30. The highest BCUT2D eigenvalue weighted by atomic mass is 16.5. The minimum absolute atomic E-state index is 0.0766. The lowest BCUT2D eigenvalue weighted by Gasteiger charge is -2.33. The van der Waals surface area contributed by atoms with Crippen molar-refractivity contribution < 1.29 is 9.32 Å². The van der Waals surface area contributed by atoms with E-state index in [-0.39, 0.29) is 5.91 Å². The molecular weight excluding hydrogens is 314 g/mol. The quantitative estimate of drug-likeness (QED) is 0.877. The van der Waals surface area contributed by atoms with Gasteiger partial charge in [0.25, 0.3) is 5.91 Å². The topological polar surface area (TPSA) is 58.4 Å². The third-order valence-electron chi connectivity index (χ3n) is 4.99. The number of aryl methyl sites for hydroxylation is 2. The third kappa shape index (κ3) is 4.28. The van der Waals surface area contributed by atoms with Gasteiger partial charge in [0, 0.05) is 19.6 Å². The molecule has 1 aromatic carbocycles. The Morgan fingerprint density at radius 1 is 1.36 bits per heavy atom. The first-order valence-electron chi connectivity index (χ1n) is 9.19. The number of hydrogen-bond acceptors (Lipinski definition) is 4.